The zero-order chi connectivity index (χ0) is 24.8. The molecule has 0 unspecified atom stereocenters. The highest BCUT2D eigenvalue weighted by Crippen LogP contribution is 2.45. The predicted molar refractivity (Wildman–Crippen MR) is 133 cm³/mol. The fourth-order valence-corrected chi connectivity index (χ4v) is 5.52. The van der Waals surface area contributed by atoms with Crippen molar-refractivity contribution < 1.29 is 19.5 Å². The standard InChI is InChI=1S/C27H39N3O4/c1-5-9-19-12-13-20-23(22(19)25(32)28-4)27(34)30(14-7-6-8-15-31)24(20)26(33)29-21-16-17(2)10-11-18(21)3/h10-13,16,19-20,22-24,31H,5-9,14-15H2,1-4H3,(H,28,32)(H,29,33)/t19-,20+,22-,23+,24+/m1/s1. The summed E-state index contributed by atoms with van der Waals surface area (Å²) in [6, 6.07) is 5.24. The number of benzene rings is 1. The number of amides is 3. The number of aryl methyl sites for hydroxylation is 2. The Morgan fingerprint density at radius 3 is 2.53 bits per heavy atom. The predicted octanol–water partition coefficient (Wildman–Crippen LogP) is 3.20. The molecular formula is C27H39N3O4. The SMILES string of the molecule is CCC[C@@H]1C=C[C@H]2[C@H](C(=O)N(CCCCCO)[C@@H]2C(=O)Nc2cc(C)ccc2C)[C@@H]1C(=O)NC. The Kier molecular flexibility index (Phi) is 8.89. The molecule has 0 spiro atoms. The van der Waals surface area contributed by atoms with Crippen LogP contribution in [-0.2, 0) is 14.4 Å². The Hall–Kier alpha value is -2.67. The van der Waals surface area contributed by atoms with Crippen LogP contribution in [0.4, 0.5) is 5.69 Å². The molecule has 34 heavy (non-hydrogen) atoms. The van der Waals surface area contributed by atoms with Crippen LogP contribution in [0.25, 0.3) is 0 Å². The minimum Gasteiger partial charge on any atom is -0.396 e. The highest BCUT2D eigenvalue weighted by Gasteiger charge is 2.56. The largest absolute Gasteiger partial charge is 0.396 e. The molecule has 0 radical (unpaired) electrons. The van der Waals surface area contributed by atoms with E-state index < -0.39 is 17.9 Å². The number of carbonyl (C=O) groups excluding carboxylic acids is 3. The minimum atomic E-state index is -0.669. The molecule has 7 nitrogen and oxygen atoms in total. The summed E-state index contributed by atoms with van der Waals surface area (Å²) in [5.41, 5.74) is 2.74. The summed E-state index contributed by atoms with van der Waals surface area (Å²) < 4.78 is 0. The fraction of sp³-hybridized carbons (Fsp3) is 0.593. The number of anilines is 1. The third-order valence-corrected chi connectivity index (χ3v) is 7.26. The number of hydrogen-bond acceptors (Lipinski definition) is 4. The van der Waals surface area contributed by atoms with E-state index in [0.717, 1.165) is 36.1 Å². The molecule has 0 saturated carbocycles. The van der Waals surface area contributed by atoms with Gasteiger partial charge in [0.15, 0.2) is 0 Å². The number of nitrogens with zero attached hydrogens (tertiary/aromatic N) is 1. The number of unbranched alkanes of at least 4 members (excludes halogenated alkanes) is 2. The second-order valence-corrected chi connectivity index (χ2v) is 9.65. The van der Waals surface area contributed by atoms with Gasteiger partial charge in [0.05, 0.1) is 11.8 Å². The molecule has 1 aromatic carbocycles. The van der Waals surface area contributed by atoms with Gasteiger partial charge in [0.1, 0.15) is 6.04 Å². The Labute approximate surface area is 203 Å². The number of rotatable bonds is 10. The Balaban J connectivity index is 1.95. The van der Waals surface area contributed by atoms with Gasteiger partial charge >= 0.3 is 0 Å². The molecule has 3 N–H and O–H groups in total. The van der Waals surface area contributed by atoms with Gasteiger partial charge in [-0.05, 0) is 62.6 Å². The van der Waals surface area contributed by atoms with Crippen LogP contribution in [0.1, 0.15) is 50.2 Å². The van der Waals surface area contributed by atoms with E-state index >= 15 is 0 Å². The average Bonchev–Trinajstić information content (AvgIpc) is 3.10. The van der Waals surface area contributed by atoms with Gasteiger partial charge in [-0.3, -0.25) is 14.4 Å². The van der Waals surface area contributed by atoms with Gasteiger partial charge in [-0.25, -0.2) is 0 Å². The highest BCUT2D eigenvalue weighted by molar-refractivity contribution is 6.02. The van der Waals surface area contributed by atoms with E-state index in [9.17, 15) is 14.4 Å². The van der Waals surface area contributed by atoms with Crippen molar-refractivity contribution in [2.45, 2.75) is 58.9 Å². The number of carbonyl (C=O) groups is 3. The second-order valence-electron chi connectivity index (χ2n) is 9.65. The lowest BCUT2D eigenvalue weighted by molar-refractivity contribution is -0.140. The Bertz CT molecular complexity index is 928. The molecule has 2 aliphatic rings. The van der Waals surface area contributed by atoms with E-state index in [1.807, 2.05) is 44.2 Å². The third kappa shape index (κ3) is 5.35. The lowest BCUT2D eigenvalue weighted by atomic mass is 9.68. The maximum atomic E-state index is 13.8. The molecule has 0 bridgehead atoms. The van der Waals surface area contributed by atoms with Crippen molar-refractivity contribution in [3.05, 3.63) is 41.5 Å². The summed E-state index contributed by atoms with van der Waals surface area (Å²) in [7, 11) is 1.61. The first-order valence-electron chi connectivity index (χ1n) is 12.5. The molecule has 3 amide bonds. The van der Waals surface area contributed by atoms with Crippen LogP contribution in [0.3, 0.4) is 0 Å². The third-order valence-electron chi connectivity index (χ3n) is 7.26. The molecule has 5 atom stereocenters. The van der Waals surface area contributed by atoms with Crippen molar-refractivity contribution in [3.8, 4) is 0 Å². The molecule has 1 aromatic rings. The van der Waals surface area contributed by atoms with Crippen molar-refractivity contribution >= 4 is 23.4 Å². The van der Waals surface area contributed by atoms with Crippen LogP contribution in [0, 0.1) is 37.5 Å². The van der Waals surface area contributed by atoms with Crippen molar-refractivity contribution in [3.63, 3.8) is 0 Å². The maximum absolute atomic E-state index is 13.8. The fourth-order valence-electron chi connectivity index (χ4n) is 5.52. The van der Waals surface area contributed by atoms with Gasteiger partial charge in [-0.15, -0.1) is 0 Å². The van der Waals surface area contributed by atoms with Crippen molar-refractivity contribution in [2.24, 2.45) is 23.7 Å². The number of fused-ring (bicyclic) bond motifs is 1. The first-order valence-corrected chi connectivity index (χ1v) is 12.5. The molecule has 0 aromatic heterocycles. The molecule has 7 heteroatoms. The van der Waals surface area contributed by atoms with E-state index in [4.69, 9.17) is 5.11 Å². The van der Waals surface area contributed by atoms with Crippen LogP contribution in [0.15, 0.2) is 30.4 Å². The number of aliphatic hydroxyl groups excluding tert-OH is 1. The molecule has 1 fully saturated rings. The van der Waals surface area contributed by atoms with Gasteiger partial charge in [0, 0.05) is 31.8 Å². The summed E-state index contributed by atoms with van der Waals surface area (Å²) in [5.74, 6) is -1.88. The Morgan fingerprint density at radius 1 is 1.09 bits per heavy atom. The van der Waals surface area contributed by atoms with Gasteiger partial charge in [0.25, 0.3) is 0 Å². The first-order chi connectivity index (χ1) is 16.3. The molecule has 1 aliphatic carbocycles. The maximum Gasteiger partial charge on any atom is 0.247 e. The van der Waals surface area contributed by atoms with E-state index in [2.05, 4.69) is 17.6 Å². The van der Waals surface area contributed by atoms with Crippen molar-refractivity contribution in [1.82, 2.24) is 10.2 Å². The van der Waals surface area contributed by atoms with E-state index in [1.54, 1.807) is 11.9 Å². The zero-order valence-corrected chi connectivity index (χ0v) is 20.8. The topological polar surface area (TPSA) is 98.7 Å². The number of likely N-dealkylation sites (tertiary alicyclic amines) is 1. The molecule has 1 saturated heterocycles. The van der Waals surface area contributed by atoms with Gasteiger partial charge in [-0.1, -0.05) is 37.6 Å². The van der Waals surface area contributed by atoms with Gasteiger partial charge in [0.2, 0.25) is 17.7 Å². The van der Waals surface area contributed by atoms with Crippen molar-refractivity contribution in [2.75, 3.05) is 25.5 Å². The summed E-state index contributed by atoms with van der Waals surface area (Å²) in [4.78, 5) is 42.0. The first kappa shape index (κ1) is 25.9. The Morgan fingerprint density at radius 2 is 1.85 bits per heavy atom. The monoisotopic (exact) mass is 469 g/mol. The van der Waals surface area contributed by atoms with Crippen molar-refractivity contribution in [1.29, 1.82) is 0 Å². The average molecular weight is 470 g/mol. The summed E-state index contributed by atoms with van der Waals surface area (Å²) in [6.45, 7) is 6.54. The van der Waals surface area contributed by atoms with Gasteiger partial charge in [-0.2, -0.15) is 0 Å². The molecule has 1 aliphatic heterocycles. The van der Waals surface area contributed by atoms with Crippen LogP contribution < -0.4 is 10.6 Å². The zero-order valence-electron chi connectivity index (χ0n) is 20.8. The molecular weight excluding hydrogens is 430 g/mol. The second kappa shape index (κ2) is 11.6. The smallest absolute Gasteiger partial charge is 0.247 e. The number of allylic oxidation sites excluding steroid dienone is 1. The lowest BCUT2D eigenvalue weighted by Gasteiger charge is -2.34. The summed E-state index contributed by atoms with van der Waals surface area (Å²) in [5, 5.41) is 15.0. The lowest BCUT2D eigenvalue weighted by Crippen LogP contribution is -2.45. The molecule has 3 rings (SSSR count). The van der Waals surface area contributed by atoms with Crippen LogP contribution in [0.5, 0.6) is 0 Å². The normalized spacial score (nSPS) is 25.9. The molecule has 186 valence electrons. The van der Waals surface area contributed by atoms with Crippen LogP contribution in [-0.4, -0.2) is 54.0 Å². The number of nitrogens with one attached hydrogen (secondary N) is 2. The highest BCUT2D eigenvalue weighted by atomic mass is 16.3. The van der Waals surface area contributed by atoms with E-state index in [0.29, 0.717) is 19.4 Å². The quantitative estimate of drug-likeness (QED) is 0.362. The van der Waals surface area contributed by atoms with E-state index in [1.165, 1.54) is 0 Å². The molecule has 1 heterocycles. The van der Waals surface area contributed by atoms with Crippen LogP contribution >= 0.6 is 0 Å². The number of aliphatic hydroxyl groups is 1. The van der Waals surface area contributed by atoms with Gasteiger partial charge < -0.3 is 20.6 Å². The number of hydrogen-bond donors (Lipinski definition) is 3. The summed E-state index contributed by atoms with van der Waals surface area (Å²) in [6.07, 6.45) is 7.92. The summed E-state index contributed by atoms with van der Waals surface area (Å²) >= 11 is 0. The van der Waals surface area contributed by atoms with E-state index in [-0.39, 0.29) is 36.2 Å². The minimum absolute atomic E-state index is 0.0211. The van der Waals surface area contributed by atoms with Crippen LogP contribution in [0.2, 0.25) is 0 Å².